The number of benzene rings is 2. The van der Waals surface area contributed by atoms with Crippen LogP contribution in [0, 0.1) is 6.92 Å². The van der Waals surface area contributed by atoms with Crippen molar-refractivity contribution in [3.8, 4) is 5.69 Å². The standard InChI is InChI=1S/C23H20N4O2S/c1-14-19-13-21(30-23(19)27(25-14)18-6-4-3-5-7-18)22(29)26-11-10-16-12-17(24-15(2)28)8-9-20(16)26/h3-9,12-13H,10-11H2,1-2H3,(H,24,28). The second-order valence-corrected chi connectivity index (χ2v) is 8.42. The van der Waals surface area contributed by atoms with Gasteiger partial charge in [0.15, 0.2) is 0 Å². The molecule has 0 aliphatic carbocycles. The maximum atomic E-state index is 13.3. The molecule has 30 heavy (non-hydrogen) atoms. The lowest BCUT2D eigenvalue weighted by Gasteiger charge is -2.16. The van der Waals surface area contributed by atoms with Crippen molar-refractivity contribution in [2.24, 2.45) is 0 Å². The van der Waals surface area contributed by atoms with Gasteiger partial charge < -0.3 is 10.2 Å². The number of carbonyl (C=O) groups excluding carboxylic acids is 2. The Hall–Kier alpha value is -3.45. The maximum absolute atomic E-state index is 13.3. The van der Waals surface area contributed by atoms with E-state index in [1.165, 1.54) is 18.3 Å². The van der Waals surface area contributed by atoms with Gasteiger partial charge in [0.1, 0.15) is 4.83 Å². The summed E-state index contributed by atoms with van der Waals surface area (Å²) in [7, 11) is 0. The molecule has 150 valence electrons. The zero-order chi connectivity index (χ0) is 20.8. The summed E-state index contributed by atoms with van der Waals surface area (Å²) >= 11 is 1.47. The van der Waals surface area contributed by atoms with Crippen LogP contribution in [-0.2, 0) is 11.2 Å². The monoisotopic (exact) mass is 416 g/mol. The first-order valence-corrected chi connectivity index (χ1v) is 10.6. The Morgan fingerprint density at radius 1 is 1.10 bits per heavy atom. The van der Waals surface area contributed by atoms with Crippen molar-refractivity contribution >= 4 is 44.7 Å². The first-order chi connectivity index (χ1) is 14.5. The summed E-state index contributed by atoms with van der Waals surface area (Å²) in [5.41, 5.74) is 4.63. The quantitative estimate of drug-likeness (QED) is 0.533. The van der Waals surface area contributed by atoms with Crippen LogP contribution < -0.4 is 10.2 Å². The summed E-state index contributed by atoms with van der Waals surface area (Å²) in [4.78, 5) is 28.1. The van der Waals surface area contributed by atoms with Crippen LogP contribution in [0.1, 0.15) is 27.9 Å². The molecule has 4 aromatic rings. The number of aryl methyl sites for hydroxylation is 1. The highest BCUT2D eigenvalue weighted by Crippen LogP contribution is 2.35. The van der Waals surface area contributed by atoms with Gasteiger partial charge in [-0.3, -0.25) is 9.59 Å². The summed E-state index contributed by atoms with van der Waals surface area (Å²) in [5.74, 6) is -0.102. The van der Waals surface area contributed by atoms with Crippen LogP contribution in [0.25, 0.3) is 15.9 Å². The minimum Gasteiger partial charge on any atom is -0.326 e. The molecule has 0 saturated carbocycles. The van der Waals surface area contributed by atoms with Crippen LogP contribution in [0.5, 0.6) is 0 Å². The minimum absolute atomic E-state index is 0.00115. The summed E-state index contributed by atoms with van der Waals surface area (Å²) in [5, 5.41) is 8.46. The summed E-state index contributed by atoms with van der Waals surface area (Å²) in [6, 6.07) is 17.6. The number of hydrogen-bond acceptors (Lipinski definition) is 4. The molecular formula is C23H20N4O2S. The number of rotatable bonds is 3. The molecule has 6 nitrogen and oxygen atoms in total. The van der Waals surface area contributed by atoms with Gasteiger partial charge in [-0.15, -0.1) is 11.3 Å². The lowest BCUT2D eigenvalue weighted by molar-refractivity contribution is -0.114. The van der Waals surface area contributed by atoms with Gasteiger partial charge >= 0.3 is 0 Å². The molecule has 1 aliphatic rings. The molecule has 0 fully saturated rings. The van der Waals surface area contributed by atoms with Gasteiger partial charge in [0.2, 0.25) is 5.91 Å². The molecule has 0 unspecified atom stereocenters. The molecule has 3 heterocycles. The molecule has 2 amide bonds. The number of para-hydroxylation sites is 1. The Labute approximate surface area is 177 Å². The molecule has 2 aromatic heterocycles. The minimum atomic E-state index is -0.103. The van der Waals surface area contributed by atoms with Crippen LogP contribution in [-0.4, -0.2) is 28.1 Å². The highest BCUT2D eigenvalue weighted by atomic mass is 32.1. The van der Waals surface area contributed by atoms with Gasteiger partial charge in [0.25, 0.3) is 5.91 Å². The van der Waals surface area contributed by atoms with E-state index in [4.69, 9.17) is 0 Å². The summed E-state index contributed by atoms with van der Waals surface area (Å²) in [6.45, 7) is 4.09. The van der Waals surface area contributed by atoms with Crippen molar-refractivity contribution in [3.63, 3.8) is 0 Å². The van der Waals surface area contributed by atoms with E-state index in [-0.39, 0.29) is 11.8 Å². The SMILES string of the molecule is CC(=O)Nc1ccc2c(c1)CCN2C(=O)c1cc2c(C)nn(-c3ccccc3)c2s1. The molecule has 2 aromatic carbocycles. The van der Waals surface area contributed by atoms with E-state index in [0.717, 1.165) is 45.0 Å². The van der Waals surface area contributed by atoms with Crippen molar-refractivity contribution in [3.05, 3.63) is 70.7 Å². The van der Waals surface area contributed by atoms with Crippen LogP contribution >= 0.6 is 11.3 Å². The van der Waals surface area contributed by atoms with Gasteiger partial charge in [-0.2, -0.15) is 5.10 Å². The average molecular weight is 417 g/mol. The van der Waals surface area contributed by atoms with Crippen molar-refractivity contribution < 1.29 is 9.59 Å². The van der Waals surface area contributed by atoms with E-state index in [2.05, 4.69) is 10.4 Å². The zero-order valence-electron chi connectivity index (χ0n) is 16.7. The summed E-state index contributed by atoms with van der Waals surface area (Å²) in [6.07, 6.45) is 0.774. The Balaban J connectivity index is 1.49. The summed E-state index contributed by atoms with van der Waals surface area (Å²) < 4.78 is 1.91. The average Bonchev–Trinajstić information content (AvgIpc) is 3.42. The normalized spacial score (nSPS) is 12.9. The van der Waals surface area contributed by atoms with E-state index in [1.54, 1.807) is 0 Å². The molecule has 0 atom stereocenters. The third-order valence-electron chi connectivity index (χ3n) is 5.30. The first-order valence-electron chi connectivity index (χ1n) is 9.78. The van der Waals surface area contributed by atoms with Crippen LogP contribution in [0.2, 0.25) is 0 Å². The topological polar surface area (TPSA) is 67.2 Å². The Morgan fingerprint density at radius 3 is 2.67 bits per heavy atom. The molecule has 7 heteroatoms. The number of nitrogens with zero attached hydrogens (tertiary/aromatic N) is 3. The Bertz CT molecular complexity index is 1290. The Morgan fingerprint density at radius 2 is 1.90 bits per heavy atom. The van der Waals surface area contributed by atoms with Crippen molar-refractivity contribution in [2.45, 2.75) is 20.3 Å². The fourth-order valence-electron chi connectivity index (χ4n) is 3.92. The smallest absolute Gasteiger partial charge is 0.268 e. The number of aromatic nitrogens is 2. The molecule has 5 rings (SSSR count). The van der Waals surface area contributed by atoms with E-state index < -0.39 is 0 Å². The van der Waals surface area contributed by atoms with Crippen LogP contribution in [0.4, 0.5) is 11.4 Å². The number of carbonyl (C=O) groups is 2. The van der Waals surface area contributed by atoms with Gasteiger partial charge in [0.05, 0.1) is 16.3 Å². The third-order valence-corrected chi connectivity index (χ3v) is 6.40. The van der Waals surface area contributed by atoms with Gasteiger partial charge in [-0.25, -0.2) is 4.68 Å². The van der Waals surface area contributed by atoms with E-state index in [9.17, 15) is 9.59 Å². The van der Waals surface area contributed by atoms with Gasteiger partial charge in [0, 0.05) is 30.2 Å². The fourth-order valence-corrected chi connectivity index (χ4v) is 5.06. The lowest BCUT2D eigenvalue weighted by atomic mass is 10.1. The van der Waals surface area contributed by atoms with Crippen LogP contribution in [0.15, 0.2) is 54.6 Å². The molecule has 0 saturated heterocycles. The molecule has 0 radical (unpaired) electrons. The highest BCUT2D eigenvalue weighted by Gasteiger charge is 2.28. The molecule has 1 N–H and O–H groups in total. The fraction of sp³-hybridized carbons (Fsp3) is 0.174. The number of amides is 2. The zero-order valence-corrected chi connectivity index (χ0v) is 17.5. The number of anilines is 2. The molecule has 0 bridgehead atoms. The lowest BCUT2D eigenvalue weighted by Crippen LogP contribution is -2.28. The maximum Gasteiger partial charge on any atom is 0.268 e. The molecule has 0 spiro atoms. The number of fused-ring (bicyclic) bond motifs is 2. The van der Waals surface area contributed by atoms with E-state index in [0.29, 0.717) is 11.4 Å². The highest BCUT2D eigenvalue weighted by molar-refractivity contribution is 7.20. The predicted octanol–water partition coefficient (Wildman–Crippen LogP) is 4.56. The van der Waals surface area contributed by atoms with Crippen molar-refractivity contribution in [1.29, 1.82) is 0 Å². The van der Waals surface area contributed by atoms with E-state index in [1.807, 2.05) is 71.1 Å². The molecular weight excluding hydrogens is 396 g/mol. The third kappa shape index (κ3) is 3.07. The largest absolute Gasteiger partial charge is 0.326 e. The van der Waals surface area contributed by atoms with Gasteiger partial charge in [-0.05, 0) is 55.3 Å². The number of hydrogen-bond donors (Lipinski definition) is 1. The predicted molar refractivity (Wildman–Crippen MR) is 120 cm³/mol. The molecule has 1 aliphatic heterocycles. The van der Waals surface area contributed by atoms with Crippen LogP contribution in [0.3, 0.4) is 0 Å². The second kappa shape index (κ2) is 7.11. The van der Waals surface area contributed by atoms with E-state index >= 15 is 0 Å². The first kappa shape index (κ1) is 18.6. The number of thiophene rings is 1. The Kier molecular flexibility index (Phi) is 4.40. The van der Waals surface area contributed by atoms with Gasteiger partial charge in [-0.1, -0.05) is 18.2 Å². The second-order valence-electron chi connectivity index (χ2n) is 7.39. The van der Waals surface area contributed by atoms with Crippen molar-refractivity contribution in [1.82, 2.24) is 9.78 Å². The van der Waals surface area contributed by atoms with Crippen molar-refractivity contribution in [2.75, 3.05) is 16.8 Å². The number of nitrogens with one attached hydrogen (secondary N) is 1.